The smallest absolute Gasteiger partial charge is 0.0276 e. The lowest BCUT2D eigenvalue weighted by Crippen LogP contribution is -2.03. The van der Waals surface area contributed by atoms with Crippen molar-refractivity contribution >= 4 is 0 Å². The number of aryl methyl sites for hydroxylation is 3. The van der Waals surface area contributed by atoms with Crippen LogP contribution in [0.25, 0.3) is 0 Å². The summed E-state index contributed by atoms with van der Waals surface area (Å²) in [5, 5.41) is 0. The van der Waals surface area contributed by atoms with E-state index in [1.807, 2.05) is 0 Å². The minimum Gasteiger partial charge on any atom is -0.0628 e. The molecule has 0 N–H and O–H groups in total. The summed E-state index contributed by atoms with van der Waals surface area (Å²) in [4.78, 5) is 0. The number of fused-ring (bicyclic) bond motifs is 1. The van der Waals surface area contributed by atoms with Gasteiger partial charge in [0.25, 0.3) is 0 Å². The van der Waals surface area contributed by atoms with Gasteiger partial charge in [-0.05, 0) is 61.1 Å². The zero-order chi connectivity index (χ0) is 10.7. The van der Waals surface area contributed by atoms with Gasteiger partial charge >= 0.3 is 0 Å². The molecule has 1 aliphatic rings. The Morgan fingerprint density at radius 1 is 1.07 bits per heavy atom. The van der Waals surface area contributed by atoms with E-state index >= 15 is 0 Å². The molecule has 0 heteroatoms. The molecule has 0 unspecified atom stereocenters. The minimum atomic E-state index is 0.820. The Morgan fingerprint density at radius 3 is 2.53 bits per heavy atom. The maximum Gasteiger partial charge on any atom is -0.0276 e. The molecule has 2 rings (SSSR count). The zero-order valence-electron chi connectivity index (χ0n) is 10.1. The van der Waals surface area contributed by atoms with Crippen molar-refractivity contribution in [3.8, 4) is 0 Å². The van der Waals surface area contributed by atoms with Crippen LogP contribution in [-0.2, 0) is 19.3 Å². The van der Waals surface area contributed by atoms with Crippen molar-refractivity contribution < 1.29 is 0 Å². The molecule has 0 saturated carbocycles. The summed E-state index contributed by atoms with van der Waals surface area (Å²) >= 11 is 0. The highest BCUT2D eigenvalue weighted by Crippen LogP contribution is 2.23. The first kappa shape index (κ1) is 10.7. The van der Waals surface area contributed by atoms with Crippen LogP contribution in [0.1, 0.15) is 49.8 Å². The molecule has 0 fully saturated rings. The van der Waals surface area contributed by atoms with E-state index in [0.29, 0.717) is 0 Å². The first-order valence-corrected chi connectivity index (χ1v) is 6.36. The summed E-state index contributed by atoms with van der Waals surface area (Å²) in [5.74, 6) is 0.820. The highest BCUT2D eigenvalue weighted by molar-refractivity contribution is 5.33. The molecule has 15 heavy (non-hydrogen) atoms. The van der Waals surface area contributed by atoms with Gasteiger partial charge in [-0.15, -0.1) is 0 Å². The van der Waals surface area contributed by atoms with Gasteiger partial charge in [0, 0.05) is 0 Å². The summed E-state index contributed by atoms with van der Waals surface area (Å²) in [7, 11) is 0. The van der Waals surface area contributed by atoms with Crippen LogP contribution in [0.4, 0.5) is 0 Å². The summed E-state index contributed by atoms with van der Waals surface area (Å²) in [5.41, 5.74) is 4.78. The summed E-state index contributed by atoms with van der Waals surface area (Å²) in [6.45, 7) is 4.61. The van der Waals surface area contributed by atoms with Crippen LogP contribution in [0.5, 0.6) is 0 Å². The first-order valence-electron chi connectivity index (χ1n) is 6.36. The zero-order valence-corrected chi connectivity index (χ0v) is 10.1. The molecule has 0 heterocycles. The summed E-state index contributed by atoms with van der Waals surface area (Å²) in [6, 6.07) is 7.16. The summed E-state index contributed by atoms with van der Waals surface area (Å²) in [6.07, 6.45) is 7.97. The van der Waals surface area contributed by atoms with Gasteiger partial charge in [-0.3, -0.25) is 0 Å². The van der Waals surface area contributed by atoms with Gasteiger partial charge in [-0.1, -0.05) is 32.0 Å². The van der Waals surface area contributed by atoms with Gasteiger partial charge in [0.15, 0.2) is 0 Å². The Bertz CT molecular complexity index is 323. The van der Waals surface area contributed by atoms with Crippen LogP contribution < -0.4 is 0 Å². The Balaban J connectivity index is 2.07. The van der Waals surface area contributed by atoms with Crippen LogP contribution in [0.2, 0.25) is 0 Å². The molecule has 0 atom stereocenters. The molecule has 0 amide bonds. The van der Waals surface area contributed by atoms with Crippen LogP contribution in [0.15, 0.2) is 18.2 Å². The molecule has 0 aromatic heterocycles. The van der Waals surface area contributed by atoms with Crippen LogP contribution in [-0.4, -0.2) is 0 Å². The molecular formula is C15H22. The minimum absolute atomic E-state index is 0.820. The largest absolute Gasteiger partial charge is 0.0628 e. The average Bonchev–Trinajstić information content (AvgIpc) is 2.26. The van der Waals surface area contributed by atoms with Gasteiger partial charge in [-0.2, -0.15) is 0 Å². The van der Waals surface area contributed by atoms with Crippen molar-refractivity contribution in [2.45, 2.75) is 52.4 Å². The fourth-order valence-corrected chi connectivity index (χ4v) is 2.40. The van der Waals surface area contributed by atoms with E-state index in [9.17, 15) is 0 Å². The quantitative estimate of drug-likeness (QED) is 0.690. The van der Waals surface area contributed by atoms with Crippen LogP contribution in [0, 0.1) is 5.92 Å². The molecule has 1 aliphatic carbocycles. The number of benzene rings is 1. The lowest BCUT2D eigenvalue weighted by molar-refractivity contribution is 0.585. The highest BCUT2D eigenvalue weighted by atomic mass is 14.1. The van der Waals surface area contributed by atoms with E-state index in [0.717, 1.165) is 5.92 Å². The van der Waals surface area contributed by atoms with E-state index in [1.165, 1.54) is 38.5 Å². The standard InChI is InChI=1S/C15H22/c1-12(2)7-8-13-9-10-14-5-3-4-6-15(14)11-13/h9-12H,3-8H2,1-2H3. The number of hydrogen-bond acceptors (Lipinski definition) is 0. The van der Waals surface area contributed by atoms with E-state index in [1.54, 1.807) is 16.7 Å². The highest BCUT2D eigenvalue weighted by Gasteiger charge is 2.09. The Hall–Kier alpha value is -0.780. The second-order valence-electron chi connectivity index (χ2n) is 5.24. The van der Waals surface area contributed by atoms with E-state index in [4.69, 9.17) is 0 Å². The molecule has 82 valence electrons. The monoisotopic (exact) mass is 202 g/mol. The Kier molecular flexibility index (Phi) is 3.45. The van der Waals surface area contributed by atoms with Gasteiger partial charge in [0.2, 0.25) is 0 Å². The molecule has 1 aromatic rings. The third-order valence-electron chi connectivity index (χ3n) is 3.42. The molecule has 0 radical (unpaired) electrons. The molecule has 1 aromatic carbocycles. The lowest BCUT2D eigenvalue weighted by Gasteiger charge is -2.16. The predicted molar refractivity (Wildman–Crippen MR) is 66.2 cm³/mol. The SMILES string of the molecule is CC(C)CCc1ccc2c(c1)CCCC2. The molecule has 0 saturated heterocycles. The van der Waals surface area contributed by atoms with Crippen molar-refractivity contribution in [2.24, 2.45) is 5.92 Å². The number of rotatable bonds is 3. The molecule has 0 nitrogen and oxygen atoms in total. The maximum absolute atomic E-state index is 2.46. The predicted octanol–water partition coefficient (Wildman–Crippen LogP) is 4.15. The summed E-state index contributed by atoms with van der Waals surface area (Å²) < 4.78 is 0. The topological polar surface area (TPSA) is 0 Å². The van der Waals surface area contributed by atoms with E-state index < -0.39 is 0 Å². The second-order valence-corrected chi connectivity index (χ2v) is 5.24. The third-order valence-corrected chi connectivity index (χ3v) is 3.42. The lowest BCUT2D eigenvalue weighted by atomic mass is 9.89. The average molecular weight is 202 g/mol. The van der Waals surface area contributed by atoms with Crippen molar-refractivity contribution in [1.82, 2.24) is 0 Å². The van der Waals surface area contributed by atoms with Crippen molar-refractivity contribution in [2.75, 3.05) is 0 Å². The Labute approximate surface area is 93.7 Å². The molecular weight excluding hydrogens is 180 g/mol. The third kappa shape index (κ3) is 2.84. The molecule has 0 bridgehead atoms. The fraction of sp³-hybridized carbons (Fsp3) is 0.600. The second kappa shape index (κ2) is 4.83. The molecule has 0 aliphatic heterocycles. The van der Waals surface area contributed by atoms with Crippen LogP contribution in [0.3, 0.4) is 0 Å². The fourth-order valence-electron chi connectivity index (χ4n) is 2.40. The van der Waals surface area contributed by atoms with E-state index in [2.05, 4.69) is 32.0 Å². The first-order chi connectivity index (χ1) is 7.25. The maximum atomic E-state index is 2.46. The van der Waals surface area contributed by atoms with Crippen molar-refractivity contribution in [1.29, 1.82) is 0 Å². The van der Waals surface area contributed by atoms with E-state index in [-0.39, 0.29) is 0 Å². The van der Waals surface area contributed by atoms with Crippen molar-refractivity contribution in [3.63, 3.8) is 0 Å². The normalized spacial score (nSPS) is 15.4. The van der Waals surface area contributed by atoms with Crippen LogP contribution >= 0.6 is 0 Å². The molecule has 0 spiro atoms. The van der Waals surface area contributed by atoms with Gasteiger partial charge < -0.3 is 0 Å². The van der Waals surface area contributed by atoms with Gasteiger partial charge in [-0.25, -0.2) is 0 Å². The van der Waals surface area contributed by atoms with Crippen molar-refractivity contribution in [3.05, 3.63) is 34.9 Å². The van der Waals surface area contributed by atoms with Gasteiger partial charge in [0.1, 0.15) is 0 Å². The number of hydrogen-bond donors (Lipinski definition) is 0. The van der Waals surface area contributed by atoms with Gasteiger partial charge in [0.05, 0.1) is 0 Å². The Morgan fingerprint density at radius 2 is 1.80 bits per heavy atom.